The first kappa shape index (κ1) is 16.9. The van der Waals surface area contributed by atoms with Gasteiger partial charge in [-0.25, -0.2) is 4.79 Å². The number of thiophene rings is 1. The van der Waals surface area contributed by atoms with Gasteiger partial charge in [-0.1, -0.05) is 6.07 Å². The van der Waals surface area contributed by atoms with Gasteiger partial charge in [-0.3, -0.25) is 9.88 Å². The van der Waals surface area contributed by atoms with Crippen molar-refractivity contribution in [2.75, 3.05) is 26.2 Å². The van der Waals surface area contributed by atoms with Crippen molar-refractivity contribution in [3.05, 3.63) is 52.0 Å². The van der Waals surface area contributed by atoms with Crippen LogP contribution in [0.25, 0.3) is 0 Å². The van der Waals surface area contributed by atoms with E-state index in [2.05, 4.69) is 39.0 Å². The van der Waals surface area contributed by atoms with Crippen molar-refractivity contribution in [1.82, 2.24) is 20.1 Å². The second-order valence-corrected chi connectivity index (χ2v) is 7.06. The molecule has 24 heavy (non-hydrogen) atoms. The Morgan fingerprint density at radius 2 is 2.12 bits per heavy atom. The molecule has 2 aromatic heterocycles. The number of carbonyl (C=O) groups is 1. The van der Waals surface area contributed by atoms with Crippen molar-refractivity contribution < 1.29 is 4.79 Å². The van der Waals surface area contributed by atoms with Gasteiger partial charge in [0.15, 0.2) is 0 Å². The lowest BCUT2D eigenvalue weighted by Crippen LogP contribution is -2.52. The van der Waals surface area contributed by atoms with Gasteiger partial charge in [0.1, 0.15) is 0 Å². The first-order valence-electron chi connectivity index (χ1n) is 8.33. The topological polar surface area (TPSA) is 48.5 Å². The number of nitrogens with one attached hydrogen (secondary N) is 1. The predicted octanol–water partition coefficient (Wildman–Crippen LogP) is 3.04. The minimum absolute atomic E-state index is 0.0133. The number of aromatic nitrogens is 1. The highest BCUT2D eigenvalue weighted by Gasteiger charge is 2.24. The molecule has 3 rings (SSSR count). The predicted molar refractivity (Wildman–Crippen MR) is 97.1 cm³/mol. The molecule has 3 heterocycles. The number of aryl methyl sites for hydroxylation is 1. The summed E-state index contributed by atoms with van der Waals surface area (Å²) in [5, 5.41) is 7.33. The fourth-order valence-electron chi connectivity index (χ4n) is 3.04. The smallest absolute Gasteiger partial charge is 0.317 e. The van der Waals surface area contributed by atoms with Crippen LogP contribution < -0.4 is 5.32 Å². The van der Waals surface area contributed by atoms with E-state index in [1.807, 2.05) is 24.1 Å². The van der Waals surface area contributed by atoms with Crippen LogP contribution in [0.15, 0.2) is 35.3 Å². The minimum atomic E-state index is 0.0133. The van der Waals surface area contributed by atoms with Crippen LogP contribution in [-0.2, 0) is 6.54 Å². The van der Waals surface area contributed by atoms with Crippen LogP contribution in [0.2, 0.25) is 0 Å². The Bertz CT molecular complexity index is 665. The summed E-state index contributed by atoms with van der Waals surface area (Å²) in [6, 6.07) is 4.66. The van der Waals surface area contributed by atoms with Crippen LogP contribution in [0.5, 0.6) is 0 Å². The summed E-state index contributed by atoms with van der Waals surface area (Å²) in [5.74, 6) is 0. The zero-order valence-electron chi connectivity index (χ0n) is 14.2. The van der Waals surface area contributed by atoms with Crippen LogP contribution in [0.1, 0.15) is 29.7 Å². The van der Waals surface area contributed by atoms with Crippen LogP contribution >= 0.6 is 11.3 Å². The highest BCUT2D eigenvalue weighted by Crippen LogP contribution is 2.23. The Hall–Kier alpha value is -1.92. The lowest BCUT2D eigenvalue weighted by Gasteiger charge is -2.37. The number of pyridine rings is 1. The van der Waals surface area contributed by atoms with Crippen molar-refractivity contribution >= 4 is 17.4 Å². The monoisotopic (exact) mass is 344 g/mol. The molecule has 2 aromatic rings. The molecule has 1 aliphatic rings. The van der Waals surface area contributed by atoms with Gasteiger partial charge in [-0.15, -0.1) is 0 Å². The molecule has 0 bridgehead atoms. The molecule has 1 fully saturated rings. The molecule has 1 N–H and O–H groups in total. The molecule has 128 valence electrons. The van der Waals surface area contributed by atoms with Crippen LogP contribution in [0, 0.1) is 6.92 Å². The Balaban J connectivity index is 1.46. The van der Waals surface area contributed by atoms with Crippen LogP contribution in [0.3, 0.4) is 0 Å². The first-order chi connectivity index (χ1) is 11.6. The van der Waals surface area contributed by atoms with E-state index in [0.29, 0.717) is 12.6 Å². The van der Waals surface area contributed by atoms with E-state index in [4.69, 9.17) is 0 Å². The van der Waals surface area contributed by atoms with Crippen molar-refractivity contribution in [1.29, 1.82) is 0 Å². The molecule has 2 amide bonds. The maximum absolute atomic E-state index is 12.3. The van der Waals surface area contributed by atoms with Crippen LogP contribution in [0.4, 0.5) is 4.79 Å². The number of hydrogen-bond acceptors (Lipinski definition) is 4. The number of amides is 2. The Labute approximate surface area is 147 Å². The fourth-order valence-corrected chi connectivity index (χ4v) is 3.79. The van der Waals surface area contributed by atoms with E-state index >= 15 is 0 Å². The summed E-state index contributed by atoms with van der Waals surface area (Å²) >= 11 is 1.74. The summed E-state index contributed by atoms with van der Waals surface area (Å²) in [5.41, 5.74) is 3.51. The third-order valence-electron chi connectivity index (χ3n) is 4.55. The molecule has 0 radical (unpaired) electrons. The van der Waals surface area contributed by atoms with Crippen LogP contribution in [-0.4, -0.2) is 47.0 Å². The van der Waals surface area contributed by atoms with E-state index in [1.165, 1.54) is 5.56 Å². The minimum Gasteiger partial charge on any atom is -0.334 e. The molecule has 0 saturated carbocycles. The SMILES string of the molecule is Cc1cncc(CNC(=O)N2CCN([C@@H](C)c3ccsc3)CC2)c1. The van der Waals surface area contributed by atoms with E-state index in [9.17, 15) is 4.79 Å². The van der Waals surface area contributed by atoms with Gasteiger partial charge in [-0.05, 0) is 47.4 Å². The maximum Gasteiger partial charge on any atom is 0.317 e. The van der Waals surface area contributed by atoms with E-state index in [0.717, 1.165) is 37.3 Å². The summed E-state index contributed by atoms with van der Waals surface area (Å²) in [6.07, 6.45) is 3.62. The molecule has 1 atom stereocenters. The number of carbonyl (C=O) groups excluding carboxylic acids is 1. The number of rotatable bonds is 4. The second kappa shape index (κ2) is 7.77. The quantitative estimate of drug-likeness (QED) is 0.927. The molecule has 0 unspecified atom stereocenters. The summed E-state index contributed by atoms with van der Waals surface area (Å²) in [6.45, 7) is 8.14. The molecular formula is C18H24N4OS. The molecular weight excluding hydrogens is 320 g/mol. The lowest BCUT2D eigenvalue weighted by atomic mass is 10.1. The fraction of sp³-hybridized carbons (Fsp3) is 0.444. The normalized spacial score (nSPS) is 16.8. The van der Waals surface area contributed by atoms with Crippen molar-refractivity contribution in [2.45, 2.75) is 26.4 Å². The molecule has 1 aliphatic heterocycles. The van der Waals surface area contributed by atoms with Gasteiger partial charge in [0.25, 0.3) is 0 Å². The zero-order valence-corrected chi connectivity index (χ0v) is 15.1. The summed E-state index contributed by atoms with van der Waals surface area (Å²) in [4.78, 5) is 20.8. The Morgan fingerprint density at radius 3 is 2.79 bits per heavy atom. The Morgan fingerprint density at radius 1 is 1.33 bits per heavy atom. The standard InChI is InChI=1S/C18H24N4OS/c1-14-9-16(11-19-10-14)12-20-18(23)22-6-4-21(5-7-22)15(2)17-3-8-24-13-17/h3,8-11,13,15H,4-7,12H2,1-2H3,(H,20,23)/t15-/m0/s1. The third-order valence-corrected chi connectivity index (χ3v) is 5.25. The molecule has 0 spiro atoms. The number of urea groups is 1. The van der Waals surface area contributed by atoms with E-state index < -0.39 is 0 Å². The average Bonchev–Trinajstić information content (AvgIpc) is 3.14. The van der Waals surface area contributed by atoms with Gasteiger partial charge in [0.05, 0.1) is 0 Å². The average molecular weight is 344 g/mol. The van der Waals surface area contributed by atoms with E-state index in [-0.39, 0.29) is 6.03 Å². The number of nitrogens with zero attached hydrogens (tertiary/aromatic N) is 3. The summed E-state index contributed by atoms with van der Waals surface area (Å²) in [7, 11) is 0. The highest BCUT2D eigenvalue weighted by molar-refractivity contribution is 7.07. The molecule has 5 nitrogen and oxygen atoms in total. The Kier molecular flexibility index (Phi) is 5.48. The van der Waals surface area contributed by atoms with Gasteiger partial charge < -0.3 is 10.2 Å². The zero-order chi connectivity index (χ0) is 16.9. The molecule has 6 heteroatoms. The van der Waals surface area contributed by atoms with Gasteiger partial charge in [0.2, 0.25) is 0 Å². The largest absolute Gasteiger partial charge is 0.334 e. The van der Waals surface area contributed by atoms with Crippen molar-refractivity contribution in [3.63, 3.8) is 0 Å². The molecule has 0 aromatic carbocycles. The second-order valence-electron chi connectivity index (χ2n) is 6.28. The number of piperazine rings is 1. The maximum atomic E-state index is 12.3. The molecule has 1 saturated heterocycles. The number of hydrogen-bond donors (Lipinski definition) is 1. The van der Waals surface area contributed by atoms with Gasteiger partial charge in [-0.2, -0.15) is 11.3 Å². The van der Waals surface area contributed by atoms with Gasteiger partial charge >= 0.3 is 6.03 Å². The van der Waals surface area contributed by atoms with Gasteiger partial charge in [0, 0.05) is 51.2 Å². The highest BCUT2D eigenvalue weighted by atomic mass is 32.1. The van der Waals surface area contributed by atoms with Crippen molar-refractivity contribution in [2.24, 2.45) is 0 Å². The van der Waals surface area contributed by atoms with E-state index in [1.54, 1.807) is 17.5 Å². The third kappa shape index (κ3) is 4.13. The lowest BCUT2D eigenvalue weighted by molar-refractivity contribution is 0.114. The molecule has 0 aliphatic carbocycles. The summed E-state index contributed by atoms with van der Waals surface area (Å²) < 4.78 is 0. The van der Waals surface area contributed by atoms with Crippen molar-refractivity contribution in [3.8, 4) is 0 Å². The first-order valence-corrected chi connectivity index (χ1v) is 9.27.